The summed E-state index contributed by atoms with van der Waals surface area (Å²) in [6.45, 7) is 0. The summed E-state index contributed by atoms with van der Waals surface area (Å²) < 4.78 is 26.8. The zero-order valence-corrected chi connectivity index (χ0v) is 7.47. The molecule has 1 heterocycles. The van der Waals surface area contributed by atoms with Crippen LogP contribution in [0.1, 0.15) is 5.56 Å². The Kier molecular flexibility index (Phi) is 1.63. The van der Waals surface area contributed by atoms with E-state index in [4.69, 9.17) is 9.59 Å². The van der Waals surface area contributed by atoms with Gasteiger partial charge < -0.3 is 9.59 Å². The van der Waals surface area contributed by atoms with Crippen molar-refractivity contribution in [3.05, 3.63) is 29.8 Å². The average molecular weight is 197 g/mol. The normalized spacial score (nSPS) is 18.9. The number of fused-ring (bicyclic) bond motifs is 1. The highest BCUT2D eigenvalue weighted by molar-refractivity contribution is 7.88. The van der Waals surface area contributed by atoms with Gasteiger partial charge in [0.15, 0.2) is 5.75 Å². The molecule has 0 spiro atoms. The molecule has 0 aliphatic carbocycles. The van der Waals surface area contributed by atoms with Crippen LogP contribution >= 0.6 is 0 Å². The summed E-state index contributed by atoms with van der Waals surface area (Å²) >= 11 is 0. The molecule has 68 valence electrons. The van der Waals surface area contributed by atoms with Gasteiger partial charge in [0.1, 0.15) is 5.75 Å². The second-order valence-corrected chi connectivity index (χ2v) is 4.33. The van der Waals surface area contributed by atoms with Crippen molar-refractivity contribution in [2.45, 2.75) is 0 Å². The minimum absolute atomic E-state index is 0.0850. The molecule has 0 saturated heterocycles. The molecule has 1 aliphatic heterocycles. The zero-order chi connectivity index (χ0) is 9.47. The molecule has 0 atom stereocenters. The van der Waals surface area contributed by atoms with E-state index in [0.29, 0.717) is 5.56 Å². The van der Waals surface area contributed by atoms with Crippen molar-refractivity contribution < 1.29 is 12.6 Å². The molecule has 0 amide bonds. The van der Waals surface area contributed by atoms with Crippen molar-refractivity contribution in [2.75, 3.05) is 5.75 Å². The van der Waals surface area contributed by atoms with Gasteiger partial charge in [-0.2, -0.15) is 8.42 Å². The van der Waals surface area contributed by atoms with Gasteiger partial charge in [-0.1, -0.05) is 12.1 Å². The highest BCUT2D eigenvalue weighted by Gasteiger charge is 2.26. The van der Waals surface area contributed by atoms with E-state index in [0.717, 1.165) is 0 Å². The second kappa shape index (κ2) is 2.56. The van der Waals surface area contributed by atoms with Gasteiger partial charge >= 0.3 is 10.1 Å². The number of rotatable bonds is 0. The molecule has 13 heavy (non-hydrogen) atoms. The first-order valence-corrected chi connectivity index (χ1v) is 5.25. The van der Waals surface area contributed by atoms with Crippen LogP contribution in [-0.4, -0.2) is 19.9 Å². The summed E-state index contributed by atoms with van der Waals surface area (Å²) in [4.78, 5) is 0. The predicted molar refractivity (Wildman–Crippen MR) is 47.7 cm³/mol. The molecule has 0 fully saturated rings. The van der Waals surface area contributed by atoms with Crippen LogP contribution in [-0.2, 0) is 10.1 Å². The maximum absolute atomic E-state index is 11.1. The SMILES string of the molecule is N=C1CS(=O)(=O)Oc2ccccc21. The van der Waals surface area contributed by atoms with E-state index in [-0.39, 0.29) is 17.2 Å². The summed E-state index contributed by atoms with van der Waals surface area (Å²) in [7, 11) is -3.57. The average Bonchev–Trinajstić information content (AvgIpc) is 2.02. The first kappa shape index (κ1) is 8.25. The summed E-state index contributed by atoms with van der Waals surface area (Å²) in [5, 5.41) is 7.47. The molecule has 1 aromatic rings. The molecule has 0 aromatic heterocycles. The Hall–Kier alpha value is -1.36. The Bertz CT molecular complexity index is 464. The fourth-order valence-corrected chi connectivity index (χ4v) is 2.20. The van der Waals surface area contributed by atoms with Crippen molar-refractivity contribution in [3.63, 3.8) is 0 Å². The minimum atomic E-state index is -3.57. The Morgan fingerprint density at radius 1 is 1.31 bits per heavy atom. The number of nitrogens with one attached hydrogen (secondary N) is 1. The Labute approximate surface area is 75.8 Å². The number of hydrogen-bond donors (Lipinski definition) is 1. The Balaban J connectivity index is 2.61. The topological polar surface area (TPSA) is 67.2 Å². The first-order chi connectivity index (χ1) is 6.08. The van der Waals surface area contributed by atoms with Gasteiger partial charge in [0.05, 0.1) is 5.71 Å². The molecule has 4 nitrogen and oxygen atoms in total. The predicted octanol–water partition coefficient (Wildman–Crippen LogP) is 0.777. The van der Waals surface area contributed by atoms with Gasteiger partial charge in [-0.15, -0.1) is 0 Å². The van der Waals surface area contributed by atoms with Gasteiger partial charge in [-0.3, -0.25) is 0 Å². The molecule has 5 heteroatoms. The monoisotopic (exact) mass is 197 g/mol. The van der Waals surface area contributed by atoms with Crippen LogP contribution < -0.4 is 4.18 Å². The maximum Gasteiger partial charge on any atom is 0.315 e. The number of para-hydroxylation sites is 1. The third-order valence-electron chi connectivity index (χ3n) is 1.75. The van der Waals surface area contributed by atoms with Gasteiger partial charge in [0.25, 0.3) is 0 Å². The van der Waals surface area contributed by atoms with Crippen LogP contribution in [0.2, 0.25) is 0 Å². The molecule has 0 unspecified atom stereocenters. The summed E-state index contributed by atoms with van der Waals surface area (Å²) in [5.74, 6) is -0.0944. The molecule has 1 N–H and O–H groups in total. The summed E-state index contributed by atoms with van der Waals surface area (Å²) in [5.41, 5.74) is 0.638. The molecular weight excluding hydrogens is 190 g/mol. The molecule has 2 rings (SSSR count). The Morgan fingerprint density at radius 2 is 2.00 bits per heavy atom. The lowest BCUT2D eigenvalue weighted by atomic mass is 10.1. The fourth-order valence-electron chi connectivity index (χ4n) is 1.21. The molecule has 1 aliphatic rings. The Morgan fingerprint density at radius 3 is 2.77 bits per heavy atom. The van der Waals surface area contributed by atoms with Crippen LogP contribution in [0.3, 0.4) is 0 Å². The van der Waals surface area contributed by atoms with E-state index >= 15 is 0 Å². The lowest BCUT2D eigenvalue weighted by Gasteiger charge is -2.16. The first-order valence-electron chi connectivity index (χ1n) is 3.67. The quantitative estimate of drug-likeness (QED) is 0.625. The van der Waals surface area contributed by atoms with Crippen LogP contribution in [0.25, 0.3) is 0 Å². The zero-order valence-electron chi connectivity index (χ0n) is 6.65. The molecule has 0 saturated carbocycles. The minimum Gasteiger partial charge on any atom is -0.381 e. The van der Waals surface area contributed by atoms with E-state index in [1.807, 2.05) is 0 Å². The van der Waals surface area contributed by atoms with Crippen LogP contribution in [0.5, 0.6) is 5.75 Å². The highest BCUT2D eigenvalue weighted by atomic mass is 32.2. The van der Waals surface area contributed by atoms with Crippen LogP contribution in [0, 0.1) is 5.41 Å². The largest absolute Gasteiger partial charge is 0.381 e. The number of hydrogen-bond acceptors (Lipinski definition) is 4. The molecular formula is C8H7NO3S. The summed E-state index contributed by atoms with van der Waals surface area (Å²) in [6, 6.07) is 6.63. The van der Waals surface area contributed by atoms with Crippen LogP contribution in [0.15, 0.2) is 24.3 Å². The van der Waals surface area contributed by atoms with Gasteiger partial charge in [-0.25, -0.2) is 0 Å². The third-order valence-corrected chi connectivity index (χ3v) is 2.83. The lowest BCUT2D eigenvalue weighted by Crippen LogP contribution is -2.26. The maximum atomic E-state index is 11.1. The fraction of sp³-hybridized carbons (Fsp3) is 0.125. The van der Waals surface area contributed by atoms with E-state index in [1.165, 1.54) is 0 Å². The lowest BCUT2D eigenvalue weighted by molar-refractivity contribution is 0.486. The second-order valence-electron chi connectivity index (χ2n) is 2.76. The smallest absolute Gasteiger partial charge is 0.315 e. The van der Waals surface area contributed by atoms with Crippen molar-refractivity contribution in [2.24, 2.45) is 0 Å². The van der Waals surface area contributed by atoms with E-state index in [2.05, 4.69) is 0 Å². The van der Waals surface area contributed by atoms with Crippen molar-refractivity contribution in [1.82, 2.24) is 0 Å². The van der Waals surface area contributed by atoms with Gasteiger partial charge in [-0.05, 0) is 12.1 Å². The van der Waals surface area contributed by atoms with Gasteiger partial charge in [0.2, 0.25) is 0 Å². The van der Waals surface area contributed by atoms with E-state index in [1.54, 1.807) is 24.3 Å². The van der Waals surface area contributed by atoms with Crippen molar-refractivity contribution >= 4 is 15.8 Å². The third kappa shape index (κ3) is 1.42. The summed E-state index contributed by atoms with van der Waals surface area (Å²) in [6.07, 6.45) is 0. The van der Waals surface area contributed by atoms with Crippen molar-refractivity contribution in [3.8, 4) is 5.75 Å². The van der Waals surface area contributed by atoms with E-state index in [9.17, 15) is 8.42 Å². The van der Waals surface area contributed by atoms with Crippen molar-refractivity contribution in [1.29, 1.82) is 5.41 Å². The standard InChI is InChI=1S/C8H7NO3S/c9-7-5-13(10,11)12-8-4-2-1-3-6(7)8/h1-4,9H,5H2. The molecule has 0 bridgehead atoms. The van der Waals surface area contributed by atoms with Gasteiger partial charge in [0, 0.05) is 5.56 Å². The van der Waals surface area contributed by atoms with E-state index < -0.39 is 10.1 Å². The van der Waals surface area contributed by atoms with Crippen LogP contribution in [0.4, 0.5) is 0 Å². The molecule has 0 radical (unpaired) electrons. The molecule has 1 aromatic carbocycles. The highest BCUT2D eigenvalue weighted by Crippen LogP contribution is 2.24. The number of benzene rings is 1.